The van der Waals surface area contributed by atoms with Gasteiger partial charge >= 0.3 is 12.4 Å². The third kappa shape index (κ3) is 4.71. The third-order valence-corrected chi connectivity index (χ3v) is 3.21. The molecule has 0 radical (unpaired) electrons. The summed E-state index contributed by atoms with van der Waals surface area (Å²) in [5, 5.41) is 0. The molecule has 0 amide bonds. The number of carbonyl (C=O) groups is 1. The minimum atomic E-state index is -0.919. The molecule has 128 valence electrons. The van der Waals surface area contributed by atoms with E-state index < -0.39 is 12.4 Å². The van der Waals surface area contributed by atoms with Crippen molar-refractivity contribution in [2.75, 3.05) is 21.3 Å². The highest BCUT2D eigenvalue weighted by Crippen LogP contribution is 2.30. The molecule has 6 heteroatoms. The third-order valence-electron chi connectivity index (χ3n) is 3.21. The van der Waals surface area contributed by atoms with Gasteiger partial charge in [-0.15, -0.1) is 0 Å². The summed E-state index contributed by atoms with van der Waals surface area (Å²) in [5.41, 5.74) is 1.35. The molecule has 0 saturated carbocycles. The first kappa shape index (κ1) is 17.8. The molecule has 2 aromatic carbocycles. The Morgan fingerprint density at radius 3 is 2.29 bits per heavy atom. The summed E-state index contributed by atoms with van der Waals surface area (Å²) in [6.07, 6.45) is 0. The predicted octanol–water partition coefficient (Wildman–Crippen LogP) is 3.01. The van der Waals surface area contributed by atoms with Crippen LogP contribution in [0.5, 0.6) is 11.5 Å². The van der Waals surface area contributed by atoms with Crippen molar-refractivity contribution in [3.05, 3.63) is 59.7 Å². The van der Waals surface area contributed by atoms with Crippen molar-refractivity contribution < 1.29 is 28.5 Å². The Morgan fingerprint density at radius 1 is 0.958 bits per heavy atom. The number of ether oxygens (including phenoxy) is 5. The molecule has 24 heavy (non-hydrogen) atoms. The second-order valence-corrected chi connectivity index (χ2v) is 4.81. The topological polar surface area (TPSA) is 63.2 Å². The molecule has 2 rings (SSSR count). The molecule has 0 N–H and O–H groups in total. The van der Waals surface area contributed by atoms with E-state index >= 15 is 0 Å². The molecule has 0 aliphatic rings. The van der Waals surface area contributed by atoms with Crippen molar-refractivity contribution in [3.63, 3.8) is 0 Å². The van der Waals surface area contributed by atoms with E-state index in [0.29, 0.717) is 23.7 Å². The fourth-order valence-corrected chi connectivity index (χ4v) is 2.00. The Labute approximate surface area is 140 Å². The summed E-state index contributed by atoms with van der Waals surface area (Å²) >= 11 is 0. The molecule has 0 unspecified atom stereocenters. The van der Waals surface area contributed by atoms with Crippen LogP contribution in [-0.4, -0.2) is 33.8 Å². The molecule has 0 atom stereocenters. The van der Waals surface area contributed by atoms with Gasteiger partial charge in [0.2, 0.25) is 0 Å². The molecular weight excluding hydrogens is 312 g/mol. The van der Waals surface area contributed by atoms with Crippen LogP contribution in [0, 0.1) is 0 Å². The summed E-state index contributed by atoms with van der Waals surface area (Å²) in [6, 6.07) is 14.5. The highest BCUT2D eigenvalue weighted by Gasteiger charge is 2.16. The summed E-state index contributed by atoms with van der Waals surface area (Å²) in [5.74, 6) is 0.314. The van der Waals surface area contributed by atoms with Gasteiger partial charge in [0.15, 0.2) is 11.5 Å². The van der Waals surface area contributed by atoms with E-state index in [-0.39, 0.29) is 0 Å². The van der Waals surface area contributed by atoms with Crippen molar-refractivity contribution in [1.82, 2.24) is 0 Å². The van der Waals surface area contributed by atoms with Crippen LogP contribution < -0.4 is 9.47 Å². The summed E-state index contributed by atoms with van der Waals surface area (Å²) in [6.45, 7) is -0.559. The van der Waals surface area contributed by atoms with Gasteiger partial charge in [0.25, 0.3) is 0 Å². The summed E-state index contributed by atoms with van der Waals surface area (Å²) in [7, 11) is 4.21. The summed E-state index contributed by atoms with van der Waals surface area (Å²) < 4.78 is 26.2. The maximum atomic E-state index is 11.7. The lowest BCUT2D eigenvalue weighted by molar-refractivity contribution is -0.219. The number of esters is 1. The average molecular weight is 332 g/mol. The number of rotatable bonds is 8. The van der Waals surface area contributed by atoms with Crippen LogP contribution >= 0.6 is 0 Å². The van der Waals surface area contributed by atoms with E-state index in [1.807, 2.05) is 30.3 Å². The van der Waals surface area contributed by atoms with E-state index in [1.165, 1.54) is 27.4 Å². The largest absolute Gasteiger partial charge is 0.485 e. The maximum absolute atomic E-state index is 11.7. The quantitative estimate of drug-likeness (QED) is 0.547. The van der Waals surface area contributed by atoms with Crippen LogP contribution in [0.1, 0.15) is 15.9 Å². The van der Waals surface area contributed by atoms with Crippen LogP contribution in [0.3, 0.4) is 0 Å². The van der Waals surface area contributed by atoms with Gasteiger partial charge in [-0.1, -0.05) is 30.3 Å². The first-order valence-corrected chi connectivity index (χ1v) is 7.29. The molecule has 0 aliphatic heterocycles. The van der Waals surface area contributed by atoms with Crippen LogP contribution in [0.4, 0.5) is 0 Å². The zero-order valence-corrected chi connectivity index (χ0v) is 13.9. The lowest BCUT2D eigenvalue weighted by Crippen LogP contribution is -2.21. The Balaban J connectivity index is 2.22. The van der Waals surface area contributed by atoms with Crippen molar-refractivity contribution in [2.24, 2.45) is 0 Å². The maximum Gasteiger partial charge on any atom is 0.337 e. The van der Waals surface area contributed by atoms with E-state index in [2.05, 4.69) is 0 Å². The first-order chi connectivity index (χ1) is 11.7. The molecule has 6 nitrogen and oxygen atoms in total. The van der Waals surface area contributed by atoms with Gasteiger partial charge in [-0.3, -0.25) is 0 Å². The molecule has 0 bridgehead atoms. The van der Waals surface area contributed by atoms with Gasteiger partial charge in [-0.25, -0.2) is 4.79 Å². The standard InChI is InChI=1S/C18H20O6/c1-20-17(19)14-9-10-15(16(11-14)24-18(21-2)22-3)23-12-13-7-5-4-6-8-13/h4-11,18H,12H2,1-3H3. The van der Waals surface area contributed by atoms with Crippen molar-refractivity contribution in [1.29, 1.82) is 0 Å². The Hall–Kier alpha value is -2.57. The van der Waals surface area contributed by atoms with E-state index in [4.69, 9.17) is 23.7 Å². The Kier molecular flexibility index (Phi) is 6.60. The van der Waals surface area contributed by atoms with Gasteiger partial charge < -0.3 is 23.7 Å². The number of hydrogen-bond acceptors (Lipinski definition) is 6. The lowest BCUT2D eigenvalue weighted by atomic mass is 10.2. The molecule has 0 heterocycles. The van der Waals surface area contributed by atoms with Crippen molar-refractivity contribution in [3.8, 4) is 11.5 Å². The van der Waals surface area contributed by atoms with E-state index in [9.17, 15) is 4.79 Å². The average Bonchev–Trinajstić information content (AvgIpc) is 2.65. The number of benzene rings is 2. The molecular formula is C18H20O6. The normalized spacial score (nSPS) is 10.5. The minimum Gasteiger partial charge on any atom is -0.485 e. The fraction of sp³-hybridized carbons (Fsp3) is 0.278. The molecule has 0 aliphatic carbocycles. The Bertz CT molecular complexity index is 652. The molecule has 0 aromatic heterocycles. The zero-order valence-electron chi connectivity index (χ0n) is 13.9. The molecule has 2 aromatic rings. The van der Waals surface area contributed by atoms with Gasteiger partial charge in [0.1, 0.15) is 6.61 Å². The van der Waals surface area contributed by atoms with Crippen LogP contribution in [0.2, 0.25) is 0 Å². The van der Waals surface area contributed by atoms with Crippen LogP contribution in [-0.2, 0) is 20.8 Å². The van der Waals surface area contributed by atoms with Gasteiger partial charge in [-0.2, -0.15) is 0 Å². The lowest BCUT2D eigenvalue weighted by Gasteiger charge is -2.18. The van der Waals surface area contributed by atoms with Crippen LogP contribution in [0.25, 0.3) is 0 Å². The van der Waals surface area contributed by atoms with E-state index in [0.717, 1.165) is 5.56 Å². The predicted molar refractivity (Wildman–Crippen MR) is 87.0 cm³/mol. The second-order valence-electron chi connectivity index (χ2n) is 4.81. The smallest absolute Gasteiger partial charge is 0.337 e. The second kappa shape index (κ2) is 8.90. The number of methoxy groups -OCH3 is 3. The highest BCUT2D eigenvalue weighted by molar-refractivity contribution is 5.90. The van der Waals surface area contributed by atoms with E-state index in [1.54, 1.807) is 12.1 Å². The molecule has 0 fully saturated rings. The first-order valence-electron chi connectivity index (χ1n) is 7.29. The summed E-state index contributed by atoms with van der Waals surface area (Å²) in [4.78, 5) is 11.7. The SMILES string of the molecule is COC(=O)c1ccc(OCc2ccccc2)c(OC(OC)OC)c1. The Morgan fingerprint density at radius 2 is 1.67 bits per heavy atom. The van der Waals surface area contributed by atoms with Gasteiger partial charge in [0, 0.05) is 14.2 Å². The fourth-order valence-electron chi connectivity index (χ4n) is 2.00. The monoisotopic (exact) mass is 332 g/mol. The van der Waals surface area contributed by atoms with Crippen molar-refractivity contribution >= 4 is 5.97 Å². The van der Waals surface area contributed by atoms with Crippen molar-refractivity contribution in [2.45, 2.75) is 13.1 Å². The zero-order chi connectivity index (χ0) is 17.4. The highest BCUT2D eigenvalue weighted by atomic mass is 16.8. The van der Waals surface area contributed by atoms with Crippen LogP contribution in [0.15, 0.2) is 48.5 Å². The van der Waals surface area contributed by atoms with Gasteiger partial charge in [-0.05, 0) is 23.8 Å². The molecule has 0 saturated heterocycles. The number of carbonyl (C=O) groups excluding carboxylic acids is 1. The molecule has 0 spiro atoms. The number of hydrogen-bond donors (Lipinski definition) is 0. The van der Waals surface area contributed by atoms with Gasteiger partial charge in [0.05, 0.1) is 12.7 Å². The minimum absolute atomic E-state index is 0.322.